The number of nitrogens with zero attached hydrogens (tertiary/aromatic N) is 3. The number of halogens is 3. The van der Waals surface area contributed by atoms with Gasteiger partial charge in [0.25, 0.3) is 0 Å². The zero-order valence-electron chi connectivity index (χ0n) is 10.9. The molecule has 0 bridgehead atoms. The molecule has 0 fully saturated rings. The van der Waals surface area contributed by atoms with Gasteiger partial charge in [-0.15, -0.1) is 10.2 Å². The molecule has 0 atom stereocenters. The Morgan fingerprint density at radius 2 is 1.95 bits per heavy atom. The third-order valence-electron chi connectivity index (χ3n) is 2.70. The minimum Gasteiger partial charge on any atom is -0.305 e. The molecule has 1 aromatic heterocycles. The standard InChI is InChI=1S/C13H14Br2FN3/c1-13(2,3)19-11(7-14)17-18-12(19)8-4-5-10(16)9(15)6-8/h4-6H,7H2,1-3H3. The molecule has 1 heterocycles. The summed E-state index contributed by atoms with van der Waals surface area (Å²) in [4.78, 5) is 0. The average molecular weight is 391 g/mol. The van der Waals surface area contributed by atoms with Crippen LogP contribution in [-0.2, 0) is 10.9 Å². The molecule has 0 unspecified atom stereocenters. The quantitative estimate of drug-likeness (QED) is 0.707. The zero-order chi connectivity index (χ0) is 14.2. The molecule has 0 saturated heterocycles. The molecule has 0 aliphatic rings. The van der Waals surface area contributed by atoms with Crippen LogP contribution in [0.25, 0.3) is 11.4 Å². The van der Waals surface area contributed by atoms with Crippen LogP contribution in [0.15, 0.2) is 22.7 Å². The molecule has 0 spiro atoms. The Balaban J connectivity index is 2.62. The second-order valence-electron chi connectivity index (χ2n) is 5.21. The highest BCUT2D eigenvalue weighted by atomic mass is 79.9. The van der Waals surface area contributed by atoms with Crippen molar-refractivity contribution in [2.24, 2.45) is 0 Å². The lowest BCUT2D eigenvalue weighted by Crippen LogP contribution is -2.24. The summed E-state index contributed by atoms with van der Waals surface area (Å²) in [6, 6.07) is 4.86. The van der Waals surface area contributed by atoms with Gasteiger partial charge in [0, 0.05) is 11.1 Å². The highest BCUT2D eigenvalue weighted by Gasteiger charge is 2.23. The predicted octanol–water partition coefficient (Wildman–Crippen LogP) is 4.50. The van der Waals surface area contributed by atoms with Crippen LogP contribution in [0.4, 0.5) is 4.39 Å². The van der Waals surface area contributed by atoms with Crippen LogP contribution in [0.2, 0.25) is 0 Å². The van der Waals surface area contributed by atoms with Crippen LogP contribution in [0.5, 0.6) is 0 Å². The molecule has 2 rings (SSSR count). The molecule has 2 aromatic rings. The van der Waals surface area contributed by atoms with E-state index in [9.17, 15) is 4.39 Å². The summed E-state index contributed by atoms with van der Waals surface area (Å²) in [5.74, 6) is 1.30. The number of hydrogen-bond acceptors (Lipinski definition) is 2. The van der Waals surface area contributed by atoms with Crippen LogP contribution in [0, 0.1) is 5.82 Å². The van der Waals surface area contributed by atoms with E-state index < -0.39 is 0 Å². The molecular weight excluding hydrogens is 377 g/mol. The van der Waals surface area contributed by atoms with Crippen molar-refractivity contribution in [3.63, 3.8) is 0 Å². The normalized spacial score (nSPS) is 11.9. The second-order valence-corrected chi connectivity index (χ2v) is 6.62. The molecule has 0 N–H and O–H groups in total. The van der Waals surface area contributed by atoms with Gasteiger partial charge >= 0.3 is 0 Å². The first-order chi connectivity index (χ1) is 8.84. The van der Waals surface area contributed by atoms with Crippen molar-refractivity contribution in [2.45, 2.75) is 31.6 Å². The van der Waals surface area contributed by atoms with E-state index in [1.807, 2.05) is 0 Å². The van der Waals surface area contributed by atoms with E-state index in [1.54, 1.807) is 12.1 Å². The summed E-state index contributed by atoms with van der Waals surface area (Å²) in [5, 5.41) is 9.05. The van der Waals surface area contributed by atoms with E-state index in [2.05, 4.69) is 67.4 Å². The minimum absolute atomic E-state index is 0.150. The van der Waals surface area contributed by atoms with E-state index in [0.717, 1.165) is 17.2 Å². The maximum atomic E-state index is 13.3. The molecular formula is C13H14Br2FN3. The van der Waals surface area contributed by atoms with Crippen molar-refractivity contribution in [2.75, 3.05) is 0 Å². The van der Waals surface area contributed by atoms with Crippen LogP contribution in [0.3, 0.4) is 0 Å². The van der Waals surface area contributed by atoms with Crippen molar-refractivity contribution in [1.29, 1.82) is 0 Å². The summed E-state index contributed by atoms with van der Waals surface area (Å²) in [6.45, 7) is 6.26. The number of benzene rings is 1. The third-order valence-corrected chi connectivity index (χ3v) is 3.81. The first-order valence-corrected chi connectivity index (χ1v) is 7.72. The van der Waals surface area contributed by atoms with Gasteiger partial charge in [-0.2, -0.15) is 0 Å². The monoisotopic (exact) mass is 389 g/mol. The minimum atomic E-state index is -0.286. The Morgan fingerprint density at radius 1 is 1.26 bits per heavy atom. The Labute approximate surface area is 128 Å². The van der Waals surface area contributed by atoms with Gasteiger partial charge in [0.15, 0.2) is 5.82 Å². The number of alkyl halides is 1. The lowest BCUT2D eigenvalue weighted by atomic mass is 10.1. The summed E-state index contributed by atoms with van der Waals surface area (Å²) >= 11 is 6.62. The maximum absolute atomic E-state index is 13.3. The van der Waals surface area contributed by atoms with E-state index in [-0.39, 0.29) is 11.4 Å². The van der Waals surface area contributed by atoms with Gasteiger partial charge in [-0.1, -0.05) is 15.9 Å². The summed E-state index contributed by atoms with van der Waals surface area (Å²) in [5.41, 5.74) is 0.686. The second kappa shape index (κ2) is 5.32. The van der Waals surface area contributed by atoms with Crippen molar-refractivity contribution >= 4 is 31.9 Å². The van der Waals surface area contributed by atoms with Gasteiger partial charge in [-0.3, -0.25) is 0 Å². The van der Waals surface area contributed by atoms with Gasteiger partial charge in [0.1, 0.15) is 11.6 Å². The van der Waals surface area contributed by atoms with Gasteiger partial charge in [-0.25, -0.2) is 4.39 Å². The van der Waals surface area contributed by atoms with E-state index >= 15 is 0 Å². The van der Waals surface area contributed by atoms with E-state index in [0.29, 0.717) is 9.80 Å². The SMILES string of the molecule is CC(C)(C)n1c(CBr)nnc1-c1ccc(F)c(Br)c1. The lowest BCUT2D eigenvalue weighted by Gasteiger charge is -2.24. The number of rotatable bonds is 2. The fraction of sp³-hybridized carbons (Fsp3) is 0.385. The van der Waals surface area contributed by atoms with Crippen LogP contribution in [0.1, 0.15) is 26.6 Å². The van der Waals surface area contributed by atoms with Crippen molar-refractivity contribution in [3.8, 4) is 11.4 Å². The van der Waals surface area contributed by atoms with Gasteiger partial charge in [0.2, 0.25) is 0 Å². The largest absolute Gasteiger partial charge is 0.305 e. The fourth-order valence-electron chi connectivity index (χ4n) is 1.93. The molecule has 6 heteroatoms. The number of hydrogen-bond donors (Lipinski definition) is 0. The Bertz CT molecular complexity index is 602. The van der Waals surface area contributed by atoms with E-state index in [4.69, 9.17) is 0 Å². The molecule has 19 heavy (non-hydrogen) atoms. The fourth-order valence-corrected chi connectivity index (χ4v) is 2.67. The molecule has 0 saturated carbocycles. The lowest BCUT2D eigenvalue weighted by molar-refractivity contribution is 0.391. The number of aromatic nitrogens is 3. The Hall–Kier alpha value is -0.750. The van der Waals surface area contributed by atoms with E-state index in [1.165, 1.54) is 6.07 Å². The predicted molar refractivity (Wildman–Crippen MR) is 80.7 cm³/mol. The summed E-state index contributed by atoms with van der Waals surface area (Å²) < 4.78 is 15.8. The average Bonchev–Trinajstić information content (AvgIpc) is 2.76. The summed E-state index contributed by atoms with van der Waals surface area (Å²) in [6.07, 6.45) is 0. The molecule has 0 radical (unpaired) electrons. The molecule has 0 aliphatic carbocycles. The first kappa shape index (κ1) is 14.7. The molecule has 1 aromatic carbocycles. The van der Waals surface area contributed by atoms with Crippen LogP contribution in [-0.4, -0.2) is 14.8 Å². The Kier molecular flexibility index (Phi) is 4.11. The topological polar surface area (TPSA) is 30.7 Å². The molecule has 3 nitrogen and oxygen atoms in total. The third kappa shape index (κ3) is 2.89. The maximum Gasteiger partial charge on any atom is 0.164 e. The van der Waals surface area contributed by atoms with Crippen LogP contribution < -0.4 is 0 Å². The van der Waals surface area contributed by atoms with Crippen LogP contribution >= 0.6 is 31.9 Å². The Morgan fingerprint density at radius 3 is 2.47 bits per heavy atom. The van der Waals surface area contributed by atoms with Crippen molar-refractivity contribution in [1.82, 2.24) is 14.8 Å². The molecule has 102 valence electrons. The highest BCUT2D eigenvalue weighted by molar-refractivity contribution is 9.10. The molecule has 0 amide bonds. The molecule has 0 aliphatic heterocycles. The smallest absolute Gasteiger partial charge is 0.164 e. The van der Waals surface area contributed by atoms with Crippen molar-refractivity contribution in [3.05, 3.63) is 34.3 Å². The van der Waals surface area contributed by atoms with Gasteiger partial charge in [0.05, 0.1) is 9.80 Å². The van der Waals surface area contributed by atoms with Gasteiger partial charge < -0.3 is 4.57 Å². The zero-order valence-corrected chi connectivity index (χ0v) is 14.1. The first-order valence-electron chi connectivity index (χ1n) is 5.80. The highest BCUT2D eigenvalue weighted by Crippen LogP contribution is 2.29. The van der Waals surface area contributed by atoms with Gasteiger partial charge in [-0.05, 0) is 54.9 Å². The van der Waals surface area contributed by atoms with Crippen molar-refractivity contribution < 1.29 is 4.39 Å². The summed E-state index contributed by atoms with van der Waals surface area (Å²) in [7, 11) is 0.